The van der Waals surface area contributed by atoms with Crippen LogP contribution in [-0.2, 0) is 15.9 Å². The fraction of sp³-hybridized carbons (Fsp3) is 0.647. The van der Waals surface area contributed by atoms with Crippen LogP contribution in [0.1, 0.15) is 31.2 Å². The highest BCUT2D eigenvalue weighted by Gasteiger charge is 2.21. The van der Waals surface area contributed by atoms with E-state index < -0.39 is 0 Å². The minimum absolute atomic E-state index is 0.319. The Balaban J connectivity index is 1.62. The summed E-state index contributed by atoms with van der Waals surface area (Å²) in [6.45, 7) is 1.90. The summed E-state index contributed by atoms with van der Waals surface area (Å²) >= 11 is 0. The molecule has 1 saturated carbocycles. The molecule has 0 aliphatic heterocycles. The van der Waals surface area contributed by atoms with Crippen molar-refractivity contribution in [3.05, 3.63) is 29.8 Å². The quantitative estimate of drug-likeness (QED) is 0.748. The van der Waals surface area contributed by atoms with Gasteiger partial charge in [0.2, 0.25) is 0 Å². The molecule has 21 heavy (non-hydrogen) atoms. The van der Waals surface area contributed by atoms with Gasteiger partial charge < -0.3 is 19.9 Å². The van der Waals surface area contributed by atoms with Gasteiger partial charge in [0.05, 0.1) is 18.8 Å². The highest BCUT2D eigenvalue weighted by molar-refractivity contribution is 5.27. The van der Waals surface area contributed by atoms with E-state index >= 15 is 0 Å². The number of rotatable bonds is 8. The number of hydrogen-bond acceptors (Lipinski definition) is 4. The van der Waals surface area contributed by atoms with Crippen LogP contribution in [0.3, 0.4) is 0 Å². The number of nitrogens with two attached hydrogens (primary N) is 1. The van der Waals surface area contributed by atoms with Gasteiger partial charge in [-0.15, -0.1) is 0 Å². The fourth-order valence-electron chi connectivity index (χ4n) is 2.76. The van der Waals surface area contributed by atoms with Gasteiger partial charge in [-0.3, -0.25) is 0 Å². The number of benzene rings is 1. The van der Waals surface area contributed by atoms with Crippen molar-refractivity contribution in [1.82, 2.24) is 0 Å². The van der Waals surface area contributed by atoms with E-state index in [1.165, 1.54) is 12.0 Å². The SMILES string of the molecule is COC1CCCC(OCCOc2ccc(CCN)cc2)C1. The molecule has 2 unspecified atom stereocenters. The molecule has 1 fully saturated rings. The van der Waals surface area contributed by atoms with Gasteiger partial charge >= 0.3 is 0 Å². The van der Waals surface area contributed by atoms with Crippen molar-refractivity contribution < 1.29 is 14.2 Å². The Morgan fingerprint density at radius 2 is 1.86 bits per heavy atom. The van der Waals surface area contributed by atoms with Crippen LogP contribution in [0, 0.1) is 0 Å². The topological polar surface area (TPSA) is 53.7 Å². The number of methoxy groups -OCH3 is 1. The van der Waals surface area contributed by atoms with Gasteiger partial charge in [0.25, 0.3) is 0 Å². The van der Waals surface area contributed by atoms with Crippen LogP contribution in [0.2, 0.25) is 0 Å². The molecular weight excluding hydrogens is 266 g/mol. The van der Waals surface area contributed by atoms with E-state index in [1.807, 2.05) is 12.1 Å². The van der Waals surface area contributed by atoms with Crippen LogP contribution < -0.4 is 10.5 Å². The maximum absolute atomic E-state index is 5.88. The van der Waals surface area contributed by atoms with Crippen molar-refractivity contribution in [3.8, 4) is 5.75 Å². The van der Waals surface area contributed by atoms with Crippen LogP contribution in [0.25, 0.3) is 0 Å². The average Bonchev–Trinajstić information content (AvgIpc) is 2.53. The molecule has 0 aromatic heterocycles. The standard InChI is InChI=1S/C17H27NO3/c1-19-16-3-2-4-17(13-16)21-12-11-20-15-7-5-14(6-8-15)9-10-18/h5-8,16-17H,2-4,9-13,18H2,1H3. The van der Waals surface area contributed by atoms with Gasteiger partial charge in [0.1, 0.15) is 12.4 Å². The highest BCUT2D eigenvalue weighted by atomic mass is 16.5. The maximum atomic E-state index is 5.88. The Kier molecular flexibility index (Phi) is 7.00. The molecule has 0 heterocycles. The molecule has 1 aromatic rings. The predicted octanol–water partition coefficient (Wildman–Crippen LogP) is 2.54. The molecule has 0 amide bonds. The molecule has 2 atom stereocenters. The third kappa shape index (κ3) is 5.65. The Morgan fingerprint density at radius 3 is 2.57 bits per heavy atom. The summed E-state index contributed by atoms with van der Waals surface area (Å²) in [6.07, 6.45) is 6.07. The second kappa shape index (κ2) is 9.03. The second-order valence-electron chi connectivity index (χ2n) is 5.55. The summed E-state index contributed by atoms with van der Waals surface area (Å²) in [6, 6.07) is 8.11. The normalized spacial score (nSPS) is 22.2. The molecular formula is C17H27NO3. The lowest BCUT2D eigenvalue weighted by molar-refractivity contribution is -0.0362. The molecule has 0 radical (unpaired) electrons. The van der Waals surface area contributed by atoms with E-state index in [1.54, 1.807) is 7.11 Å². The Morgan fingerprint density at radius 1 is 1.10 bits per heavy atom. The average molecular weight is 293 g/mol. The van der Waals surface area contributed by atoms with Crippen LogP contribution in [0.4, 0.5) is 0 Å². The van der Waals surface area contributed by atoms with Gasteiger partial charge in [-0.1, -0.05) is 12.1 Å². The molecule has 1 aromatic carbocycles. The zero-order valence-electron chi connectivity index (χ0n) is 12.9. The van der Waals surface area contributed by atoms with Gasteiger partial charge in [-0.2, -0.15) is 0 Å². The van der Waals surface area contributed by atoms with E-state index in [-0.39, 0.29) is 0 Å². The molecule has 0 spiro atoms. The Hall–Kier alpha value is -1.10. The lowest BCUT2D eigenvalue weighted by Gasteiger charge is -2.28. The predicted molar refractivity (Wildman–Crippen MR) is 83.7 cm³/mol. The van der Waals surface area contributed by atoms with Gasteiger partial charge in [-0.25, -0.2) is 0 Å². The van der Waals surface area contributed by atoms with Crippen molar-refractivity contribution in [1.29, 1.82) is 0 Å². The summed E-state index contributed by atoms with van der Waals surface area (Å²) in [5.41, 5.74) is 6.78. The summed E-state index contributed by atoms with van der Waals surface area (Å²) < 4.78 is 17.0. The van der Waals surface area contributed by atoms with Crippen LogP contribution in [0.15, 0.2) is 24.3 Å². The van der Waals surface area contributed by atoms with Crippen molar-refractivity contribution >= 4 is 0 Å². The molecule has 0 bridgehead atoms. The smallest absolute Gasteiger partial charge is 0.119 e. The van der Waals surface area contributed by atoms with Crippen molar-refractivity contribution in [2.75, 3.05) is 26.9 Å². The first-order chi connectivity index (χ1) is 10.3. The van der Waals surface area contributed by atoms with Crippen molar-refractivity contribution in [2.24, 2.45) is 5.73 Å². The first-order valence-electron chi connectivity index (χ1n) is 7.88. The molecule has 4 nitrogen and oxygen atoms in total. The molecule has 1 aliphatic carbocycles. The number of hydrogen-bond donors (Lipinski definition) is 1. The maximum Gasteiger partial charge on any atom is 0.119 e. The molecule has 2 N–H and O–H groups in total. The van der Waals surface area contributed by atoms with E-state index in [0.29, 0.717) is 32.0 Å². The number of ether oxygens (including phenoxy) is 3. The van der Waals surface area contributed by atoms with Crippen LogP contribution in [-0.4, -0.2) is 39.1 Å². The summed E-state index contributed by atoms with van der Waals surface area (Å²) in [7, 11) is 1.78. The lowest BCUT2D eigenvalue weighted by atomic mass is 9.95. The van der Waals surface area contributed by atoms with Crippen LogP contribution in [0.5, 0.6) is 5.75 Å². The molecule has 0 saturated heterocycles. The minimum atomic E-state index is 0.319. The first kappa shape index (κ1) is 16.3. The molecule has 2 rings (SSSR count). The van der Waals surface area contributed by atoms with Crippen molar-refractivity contribution in [3.63, 3.8) is 0 Å². The Bertz CT molecular complexity index is 394. The van der Waals surface area contributed by atoms with Crippen LogP contribution >= 0.6 is 0 Å². The molecule has 118 valence electrons. The monoisotopic (exact) mass is 293 g/mol. The first-order valence-corrected chi connectivity index (χ1v) is 7.88. The summed E-state index contributed by atoms with van der Waals surface area (Å²) in [5, 5.41) is 0. The molecule has 4 heteroatoms. The fourth-order valence-corrected chi connectivity index (χ4v) is 2.76. The van der Waals surface area contributed by atoms with E-state index in [0.717, 1.165) is 31.4 Å². The zero-order valence-corrected chi connectivity index (χ0v) is 12.9. The zero-order chi connectivity index (χ0) is 14.9. The summed E-state index contributed by atoms with van der Waals surface area (Å²) in [4.78, 5) is 0. The lowest BCUT2D eigenvalue weighted by Crippen LogP contribution is -2.28. The highest BCUT2D eigenvalue weighted by Crippen LogP contribution is 2.23. The third-order valence-corrected chi connectivity index (χ3v) is 3.97. The Labute approximate surface area is 127 Å². The van der Waals surface area contributed by atoms with E-state index in [9.17, 15) is 0 Å². The van der Waals surface area contributed by atoms with Gasteiger partial charge in [0.15, 0.2) is 0 Å². The second-order valence-corrected chi connectivity index (χ2v) is 5.55. The summed E-state index contributed by atoms with van der Waals surface area (Å²) in [5.74, 6) is 0.887. The van der Waals surface area contributed by atoms with E-state index in [4.69, 9.17) is 19.9 Å². The minimum Gasteiger partial charge on any atom is -0.491 e. The third-order valence-electron chi connectivity index (χ3n) is 3.97. The largest absolute Gasteiger partial charge is 0.491 e. The van der Waals surface area contributed by atoms with Gasteiger partial charge in [-0.05, 0) is 56.3 Å². The van der Waals surface area contributed by atoms with E-state index in [2.05, 4.69) is 12.1 Å². The molecule has 1 aliphatic rings. The van der Waals surface area contributed by atoms with Crippen molar-refractivity contribution in [2.45, 2.75) is 44.3 Å². The van der Waals surface area contributed by atoms with Gasteiger partial charge in [0, 0.05) is 7.11 Å².